The Hall–Kier alpha value is -3.65. The fraction of sp³-hybridized carbons (Fsp3) is 0.219. The van der Waals surface area contributed by atoms with Crippen LogP contribution in [0.1, 0.15) is 43.7 Å². The molecule has 0 aliphatic heterocycles. The highest BCUT2D eigenvalue weighted by molar-refractivity contribution is 5.81. The molecule has 1 aromatic heterocycles. The minimum atomic E-state index is 0.791. The molecule has 0 saturated heterocycles. The van der Waals surface area contributed by atoms with Crippen LogP contribution in [-0.2, 0) is 7.05 Å². The standard InChI is InChI=1S/C32H34NO/c1-3-4-5-12-23-34-30-21-18-26(19-22-30)17-20-29-24-32(28-15-10-7-11-16-28)33(2)25-31(29)27-13-8-6-9-14-27/h6-11,13-22,24-25H,3-5,12,23H2,1-2H3/q+1/b20-17+. The van der Waals surface area contributed by atoms with Crippen LogP contribution in [0.2, 0.25) is 0 Å². The molecule has 4 aromatic rings. The Morgan fingerprint density at radius 3 is 2.09 bits per heavy atom. The number of nitrogens with zero attached hydrogens (tertiary/aromatic N) is 1. The van der Waals surface area contributed by atoms with Gasteiger partial charge >= 0.3 is 0 Å². The molecule has 172 valence electrons. The summed E-state index contributed by atoms with van der Waals surface area (Å²) in [4.78, 5) is 0. The smallest absolute Gasteiger partial charge is 0.212 e. The van der Waals surface area contributed by atoms with Gasteiger partial charge in [0.25, 0.3) is 0 Å². The van der Waals surface area contributed by atoms with Gasteiger partial charge in [-0.05, 0) is 47.4 Å². The summed E-state index contributed by atoms with van der Waals surface area (Å²) in [7, 11) is 2.11. The van der Waals surface area contributed by atoms with E-state index in [2.05, 4.69) is 128 Å². The number of hydrogen-bond donors (Lipinski definition) is 0. The van der Waals surface area contributed by atoms with Crippen LogP contribution in [0.25, 0.3) is 34.5 Å². The number of ether oxygens (including phenoxy) is 1. The van der Waals surface area contributed by atoms with E-state index in [-0.39, 0.29) is 0 Å². The van der Waals surface area contributed by atoms with Gasteiger partial charge in [-0.15, -0.1) is 0 Å². The highest BCUT2D eigenvalue weighted by Crippen LogP contribution is 2.28. The average Bonchev–Trinajstić information content (AvgIpc) is 2.89. The quantitative estimate of drug-likeness (QED) is 0.177. The van der Waals surface area contributed by atoms with Crippen molar-refractivity contribution in [1.29, 1.82) is 0 Å². The first-order chi connectivity index (χ1) is 16.7. The molecule has 0 amide bonds. The Morgan fingerprint density at radius 2 is 1.41 bits per heavy atom. The van der Waals surface area contributed by atoms with Crippen LogP contribution in [0.15, 0.2) is 97.2 Å². The Kier molecular flexibility index (Phi) is 8.29. The highest BCUT2D eigenvalue weighted by Gasteiger charge is 2.15. The van der Waals surface area contributed by atoms with Gasteiger partial charge in [-0.2, -0.15) is 0 Å². The first kappa shape index (κ1) is 23.5. The van der Waals surface area contributed by atoms with Crippen LogP contribution in [0.5, 0.6) is 5.75 Å². The van der Waals surface area contributed by atoms with E-state index in [0.717, 1.165) is 24.3 Å². The summed E-state index contributed by atoms with van der Waals surface area (Å²) in [5.74, 6) is 0.941. The summed E-state index contributed by atoms with van der Waals surface area (Å²) in [6.45, 7) is 3.02. The van der Waals surface area contributed by atoms with Crippen molar-refractivity contribution >= 4 is 12.2 Å². The van der Waals surface area contributed by atoms with Crippen LogP contribution in [0, 0.1) is 0 Å². The van der Waals surface area contributed by atoms with Crippen molar-refractivity contribution in [3.05, 3.63) is 108 Å². The van der Waals surface area contributed by atoms with Crippen molar-refractivity contribution in [2.75, 3.05) is 6.61 Å². The van der Waals surface area contributed by atoms with Crippen molar-refractivity contribution in [3.8, 4) is 28.1 Å². The zero-order chi connectivity index (χ0) is 23.6. The maximum absolute atomic E-state index is 5.90. The van der Waals surface area contributed by atoms with E-state index in [0.29, 0.717) is 0 Å². The van der Waals surface area contributed by atoms with E-state index >= 15 is 0 Å². The van der Waals surface area contributed by atoms with Crippen molar-refractivity contribution < 1.29 is 9.30 Å². The van der Waals surface area contributed by atoms with Crippen LogP contribution < -0.4 is 9.30 Å². The third-order valence-corrected chi connectivity index (χ3v) is 6.06. The lowest BCUT2D eigenvalue weighted by Crippen LogP contribution is -2.31. The fourth-order valence-corrected chi connectivity index (χ4v) is 4.14. The Bertz CT molecular complexity index is 1200. The van der Waals surface area contributed by atoms with Gasteiger partial charge in [0.1, 0.15) is 12.8 Å². The molecular formula is C32H34NO+. The third-order valence-electron chi connectivity index (χ3n) is 6.06. The lowest BCUT2D eigenvalue weighted by molar-refractivity contribution is -0.659. The number of hydrogen-bond acceptors (Lipinski definition) is 1. The average molecular weight is 449 g/mol. The SMILES string of the molecule is CCCCCCOc1ccc(/C=C/c2cc(-c3ccccc3)[n+](C)cc2-c2ccccc2)cc1. The first-order valence-corrected chi connectivity index (χ1v) is 12.3. The summed E-state index contributed by atoms with van der Waals surface area (Å²) in [6.07, 6.45) is 11.5. The topological polar surface area (TPSA) is 13.1 Å². The normalized spacial score (nSPS) is 11.1. The van der Waals surface area contributed by atoms with Crippen molar-refractivity contribution in [2.45, 2.75) is 32.6 Å². The maximum Gasteiger partial charge on any atom is 0.212 e. The fourth-order valence-electron chi connectivity index (χ4n) is 4.14. The monoisotopic (exact) mass is 448 g/mol. The molecule has 0 fully saturated rings. The van der Waals surface area contributed by atoms with Crippen molar-refractivity contribution in [1.82, 2.24) is 0 Å². The van der Waals surface area contributed by atoms with E-state index in [9.17, 15) is 0 Å². The number of unbranched alkanes of at least 4 members (excludes halogenated alkanes) is 3. The molecular weight excluding hydrogens is 414 g/mol. The Morgan fingerprint density at radius 1 is 0.735 bits per heavy atom. The Balaban J connectivity index is 1.58. The van der Waals surface area contributed by atoms with Crippen molar-refractivity contribution in [3.63, 3.8) is 0 Å². The highest BCUT2D eigenvalue weighted by atomic mass is 16.5. The minimum Gasteiger partial charge on any atom is -0.494 e. The zero-order valence-corrected chi connectivity index (χ0v) is 20.3. The maximum atomic E-state index is 5.90. The molecule has 0 bridgehead atoms. The molecule has 0 radical (unpaired) electrons. The van der Waals surface area contributed by atoms with E-state index in [1.807, 2.05) is 0 Å². The number of aromatic nitrogens is 1. The molecule has 4 rings (SSSR count). The van der Waals surface area contributed by atoms with Gasteiger partial charge in [0.2, 0.25) is 5.69 Å². The summed E-state index contributed by atoms with van der Waals surface area (Å²) in [6, 6.07) is 31.8. The van der Waals surface area contributed by atoms with E-state index in [4.69, 9.17) is 4.74 Å². The minimum absolute atomic E-state index is 0.791. The number of benzene rings is 3. The van der Waals surface area contributed by atoms with Crippen LogP contribution >= 0.6 is 0 Å². The van der Waals surface area contributed by atoms with Crippen LogP contribution in [-0.4, -0.2) is 6.61 Å². The number of rotatable bonds is 10. The Labute approximate surface area is 204 Å². The molecule has 0 N–H and O–H groups in total. The molecule has 2 nitrogen and oxygen atoms in total. The van der Waals surface area contributed by atoms with Crippen LogP contribution in [0.3, 0.4) is 0 Å². The van der Waals surface area contributed by atoms with Gasteiger partial charge in [0, 0.05) is 11.6 Å². The van der Waals surface area contributed by atoms with Gasteiger partial charge in [-0.25, -0.2) is 4.57 Å². The first-order valence-electron chi connectivity index (χ1n) is 12.3. The number of aryl methyl sites for hydroxylation is 1. The predicted molar refractivity (Wildman–Crippen MR) is 143 cm³/mol. The molecule has 0 aliphatic rings. The van der Waals surface area contributed by atoms with Crippen molar-refractivity contribution in [2.24, 2.45) is 7.05 Å². The second kappa shape index (κ2) is 12.0. The predicted octanol–water partition coefficient (Wildman–Crippen LogP) is 7.97. The molecule has 2 heteroatoms. The molecule has 0 aliphatic carbocycles. The molecule has 0 spiro atoms. The molecule has 3 aromatic carbocycles. The van der Waals surface area contributed by atoms with E-state index in [1.165, 1.54) is 47.2 Å². The largest absolute Gasteiger partial charge is 0.494 e. The summed E-state index contributed by atoms with van der Waals surface area (Å²) >= 11 is 0. The van der Waals surface area contributed by atoms with E-state index < -0.39 is 0 Å². The molecule has 34 heavy (non-hydrogen) atoms. The summed E-state index contributed by atoms with van der Waals surface area (Å²) in [5, 5.41) is 0. The van der Waals surface area contributed by atoms with Crippen LogP contribution in [0.4, 0.5) is 0 Å². The van der Waals surface area contributed by atoms with Gasteiger partial charge in [-0.1, -0.05) is 99.0 Å². The van der Waals surface area contributed by atoms with Gasteiger partial charge in [0.15, 0.2) is 6.20 Å². The molecule has 1 heterocycles. The lowest BCUT2D eigenvalue weighted by Gasteiger charge is -2.09. The second-order valence-electron chi connectivity index (χ2n) is 8.68. The van der Waals surface area contributed by atoms with E-state index in [1.54, 1.807) is 0 Å². The van der Waals surface area contributed by atoms with Gasteiger partial charge in [-0.3, -0.25) is 0 Å². The number of pyridine rings is 1. The van der Waals surface area contributed by atoms with Gasteiger partial charge in [0.05, 0.1) is 12.2 Å². The zero-order valence-electron chi connectivity index (χ0n) is 20.3. The summed E-state index contributed by atoms with van der Waals surface area (Å²) in [5.41, 5.74) is 7.17. The van der Waals surface area contributed by atoms with Gasteiger partial charge < -0.3 is 4.74 Å². The second-order valence-corrected chi connectivity index (χ2v) is 8.68. The molecule has 0 atom stereocenters. The third kappa shape index (κ3) is 6.23. The summed E-state index contributed by atoms with van der Waals surface area (Å²) < 4.78 is 8.11. The molecule has 0 saturated carbocycles. The molecule has 0 unspecified atom stereocenters. The lowest BCUT2D eigenvalue weighted by atomic mass is 9.98.